The average molecular weight is 318 g/mol. The number of aryl methyl sites for hydroxylation is 2. The van der Waals surface area contributed by atoms with E-state index in [-0.39, 0.29) is 11.5 Å². The number of anilines is 1. The minimum atomic E-state index is -0.404. The molecule has 2 aromatic rings. The Kier molecular flexibility index (Phi) is 5.32. The second-order valence-electron chi connectivity index (χ2n) is 4.84. The number of rotatable bonds is 5. The molecule has 0 radical (unpaired) electrons. The van der Waals surface area contributed by atoms with Crippen LogP contribution in [-0.2, 0) is 11.2 Å². The van der Waals surface area contributed by atoms with Crippen molar-refractivity contribution in [2.24, 2.45) is 0 Å². The number of carbonyl (C=O) groups is 1. The molecule has 0 saturated heterocycles. The molecule has 1 amide bonds. The van der Waals surface area contributed by atoms with Gasteiger partial charge in [-0.3, -0.25) is 14.6 Å². The monoisotopic (exact) mass is 318 g/mol. The van der Waals surface area contributed by atoms with Gasteiger partial charge in [-0.25, -0.2) is 0 Å². The number of hydrogen-bond acceptors (Lipinski definition) is 5. The Morgan fingerprint density at radius 2 is 2.00 bits per heavy atom. The highest BCUT2D eigenvalue weighted by Crippen LogP contribution is 2.19. The number of hydrogen-bond donors (Lipinski definition) is 2. The van der Waals surface area contributed by atoms with Gasteiger partial charge in [0.15, 0.2) is 5.16 Å². The summed E-state index contributed by atoms with van der Waals surface area (Å²) in [5, 5.41) is 10.4. The molecule has 116 valence electrons. The van der Waals surface area contributed by atoms with Crippen LogP contribution >= 0.6 is 11.8 Å². The van der Waals surface area contributed by atoms with Crippen LogP contribution in [0.2, 0.25) is 0 Å². The topological polar surface area (TPSA) is 87.7 Å². The van der Waals surface area contributed by atoms with E-state index in [0.29, 0.717) is 10.9 Å². The Morgan fingerprint density at radius 3 is 2.59 bits per heavy atom. The molecule has 1 heterocycles. The highest BCUT2D eigenvalue weighted by Gasteiger charge is 2.16. The first kappa shape index (κ1) is 16.2. The third kappa shape index (κ3) is 4.17. The van der Waals surface area contributed by atoms with Gasteiger partial charge in [-0.2, -0.15) is 0 Å². The molecule has 7 heteroatoms. The Morgan fingerprint density at radius 1 is 1.32 bits per heavy atom. The van der Waals surface area contributed by atoms with Gasteiger partial charge in [0.05, 0.1) is 5.25 Å². The molecule has 1 aromatic carbocycles. The summed E-state index contributed by atoms with van der Waals surface area (Å²) in [5.41, 5.74) is 1.98. The number of thioether (sulfide) groups is 1. The van der Waals surface area contributed by atoms with Crippen LogP contribution in [0.3, 0.4) is 0 Å². The fourth-order valence-electron chi connectivity index (χ4n) is 1.72. The van der Waals surface area contributed by atoms with Crippen molar-refractivity contribution in [1.82, 2.24) is 15.2 Å². The standard InChI is InChI=1S/C15H18N4O2S/c1-4-11-5-7-12(8-6-11)16-14(21)10(3)22-15-17-13(20)9(2)18-19-15/h5-8,10H,4H2,1-3H3,(H,16,21)(H,17,19,20)/t10-/m1/s1. The van der Waals surface area contributed by atoms with Gasteiger partial charge in [0.2, 0.25) is 5.91 Å². The fraction of sp³-hybridized carbons (Fsp3) is 0.333. The molecule has 0 unspecified atom stereocenters. The van der Waals surface area contributed by atoms with Gasteiger partial charge in [-0.1, -0.05) is 30.8 Å². The van der Waals surface area contributed by atoms with E-state index in [2.05, 4.69) is 27.4 Å². The molecule has 0 bridgehead atoms. The number of aromatic nitrogens is 3. The Balaban J connectivity index is 1.98. The summed E-state index contributed by atoms with van der Waals surface area (Å²) in [6, 6.07) is 7.72. The lowest BCUT2D eigenvalue weighted by Gasteiger charge is -2.11. The number of H-pyrrole nitrogens is 1. The van der Waals surface area contributed by atoms with Gasteiger partial charge in [-0.15, -0.1) is 10.2 Å². The van der Waals surface area contributed by atoms with Crippen molar-refractivity contribution >= 4 is 23.4 Å². The first-order valence-corrected chi connectivity index (χ1v) is 7.87. The lowest BCUT2D eigenvalue weighted by molar-refractivity contribution is -0.115. The van der Waals surface area contributed by atoms with E-state index in [1.165, 1.54) is 5.56 Å². The number of amides is 1. The van der Waals surface area contributed by atoms with E-state index in [9.17, 15) is 9.59 Å². The largest absolute Gasteiger partial charge is 0.325 e. The molecule has 1 aromatic heterocycles. The predicted octanol–water partition coefficient (Wildman–Crippen LogP) is 2.16. The van der Waals surface area contributed by atoms with Crippen molar-refractivity contribution in [1.29, 1.82) is 0 Å². The fourth-order valence-corrected chi connectivity index (χ4v) is 2.46. The molecule has 6 nitrogen and oxygen atoms in total. The third-order valence-electron chi connectivity index (χ3n) is 3.13. The maximum absolute atomic E-state index is 12.2. The summed E-state index contributed by atoms with van der Waals surface area (Å²) in [5.74, 6) is -0.155. The number of nitrogens with zero attached hydrogens (tertiary/aromatic N) is 2. The number of aromatic amines is 1. The summed E-state index contributed by atoms with van der Waals surface area (Å²) in [6.45, 7) is 5.41. The zero-order valence-corrected chi connectivity index (χ0v) is 13.5. The first-order chi connectivity index (χ1) is 10.5. The summed E-state index contributed by atoms with van der Waals surface area (Å²) >= 11 is 1.16. The first-order valence-electron chi connectivity index (χ1n) is 6.99. The second-order valence-corrected chi connectivity index (χ2v) is 6.17. The van der Waals surface area contributed by atoms with Crippen LogP contribution in [0, 0.1) is 6.92 Å². The predicted molar refractivity (Wildman–Crippen MR) is 87.2 cm³/mol. The minimum absolute atomic E-state index is 0.155. The van der Waals surface area contributed by atoms with Crippen molar-refractivity contribution in [2.75, 3.05) is 5.32 Å². The van der Waals surface area contributed by atoms with Crippen molar-refractivity contribution in [2.45, 2.75) is 37.6 Å². The highest BCUT2D eigenvalue weighted by atomic mass is 32.2. The summed E-state index contributed by atoms with van der Waals surface area (Å²) < 4.78 is 0. The van der Waals surface area contributed by atoms with Crippen molar-refractivity contribution < 1.29 is 4.79 Å². The van der Waals surface area contributed by atoms with E-state index in [4.69, 9.17) is 0 Å². The summed E-state index contributed by atoms with van der Waals surface area (Å²) in [4.78, 5) is 26.2. The van der Waals surface area contributed by atoms with E-state index < -0.39 is 5.25 Å². The minimum Gasteiger partial charge on any atom is -0.325 e. The second kappa shape index (κ2) is 7.22. The van der Waals surface area contributed by atoms with E-state index >= 15 is 0 Å². The third-order valence-corrected chi connectivity index (χ3v) is 4.10. The zero-order valence-electron chi connectivity index (χ0n) is 12.7. The van der Waals surface area contributed by atoms with Crippen molar-refractivity contribution in [3.63, 3.8) is 0 Å². The van der Waals surface area contributed by atoms with Crippen LogP contribution in [-0.4, -0.2) is 26.3 Å². The number of benzene rings is 1. The molecule has 0 aliphatic rings. The molecule has 0 spiro atoms. The number of nitrogens with one attached hydrogen (secondary N) is 2. The molecule has 2 N–H and O–H groups in total. The van der Waals surface area contributed by atoms with Crippen LogP contribution < -0.4 is 10.9 Å². The summed E-state index contributed by atoms with van der Waals surface area (Å²) in [7, 11) is 0. The van der Waals surface area contributed by atoms with Crippen LogP contribution in [0.15, 0.2) is 34.2 Å². The Bertz CT molecular complexity index is 712. The average Bonchev–Trinajstić information content (AvgIpc) is 2.51. The molecule has 0 aliphatic heterocycles. The van der Waals surface area contributed by atoms with Gasteiger partial charge in [-0.05, 0) is 38.0 Å². The van der Waals surface area contributed by atoms with E-state index in [1.54, 1.807) is 13.8 Å². The molecule has 0 aliphatic carbocycles. The molecular formula is C15H18N4O2S. The lowest BCUT2D eigenvalue weighted by Crippen LogP contribution is -2.23. The van der Waals surface area contributed by atoms with Gasteiger partial charge in [0.25, 0.3) is 5.56 Å². The van der Waals surface area contributed by atoms with Gasteiger partial charge in [0, 0.05) is 5.69 Å². The smallest absolute Gasteiger partial charge is 0.273 e. The lowest BCUT2D eigenvalue weighted by atomic mass is 10.1. The van der Waals surface area contributed by atoms with Crippen LogP contribution in [0.5, 0.6) is 0 Å². The maximum atomic E-state index is 12.2. The molecule has 2 rings (SSSR count). The Labute approximate surface area is 132 Å². The van der Waals surface area contributed by atoms with Crippen molar-refractivity contribution in [3.05, 3.63) is 45.9 Å². The van der Waals surface area contributed by atoms with Gasteiger partial charge in [0.1, 0.15) is 5.69 Å². The molecule has 22 heavy (non-hydrogen) atoms. The Hall–Kier alpha value is -2.15. The highest BCUT2D eigenvalue weighted by molar-refractivity contribution is 8.00. The van der Waals surface area contributed by atoms with Crippen LogP contribution in [0.25, 0.3) is 0 Å². The quantitative estimate of drug-likeness (QED) is 0.825. The van der Waals surface area contributed by atoms with Gasteiger partial charge < -0.3 is 5.32 Å². The van der Waals surface area contributed by atoms with E-state index in [1.807, 2.05) is 24.3 Å². The molecular weight excluding hydrogens is 300 g/mol. The SMILES string of the molecule is CCc1ccc(NC(=O)[C@@H](C)Sc2nnc(C)c(=O)[nH]2)cc1. The van der Waals surface area contributed by atoms with Crippen LogP contribution in [0.1, 0.15) is 25.1 Å². The normalized spacial score (nSPS) is 12.0. The van der Waals surface area contributed by atoms with Crippen LogP contribution in [0.4, 0.5) is 5.69 Å². The maximum Gasteiger partial charge on any atom is 0.273 e. The van der Waals surface area contributed by atoms with Crippen molar-refractivity contribution in [3.8, 4) is 0 Å². The van der Waals surface area contributed by atoms with E-state index in [0.717, 1.165) is 23.9 Å². The number of carbonyl (C=O) groups excluding carboxylic acids is 1. The zero-order chi connectivity index (χ0) is 16.1. The summed E-state index contributed by atoms with van der Waals surface area (Å²) in [6.07, 6.45) is 0.958. The molecule has 1 atom stereocenters. The molecule has 0 fully saturated rings. The molecule has 0 saturated carbocycles. The van der Waals surface area contributed by atoms with Gasteiger partial charge >= 0.3 is 0 Å².